The highest BCUT2D eigenvalue weighted by Gasteiger charge is 2.20. The Morgan fingerprint density at radius 2 is 2.20 bits per heavy atom. The average Bonchev–Trinajstić information content (AvgIpc) is 2.66. The molecule has 4 N–H and O–H groups in total. The van der Waals surface area contributed by atoms with Crippen molar-refractivity contribution in [1.82, 2.24) is 9.88 Å². The number of carbonyl (C=O) groups is 1. The molecule has 0 fully saturated rings. The molecule has 0 amide bonds. The molecule has 0 saturated carbocycles. The van der Waals surface area contributed by atoms with Crippen molar-refractivity contribution in [3.05, 3.63) is 24.5 Å². The quantitative estimate of drug-likeness (QED) is 0.371. The van der Waals surface area contributed by atoms with Gasteiger partial charge in [-0.15, -0.1) is 0 Å². The highest BCUT2D eigenvalue weighted by molar-refractivity contribution is 5.82. The largest absolute Gasteiger partial charge is 0.463 e. The lowest BCUT2D eigenvalue weighted by Gasteiger charge is -2.18. The number of nitrogens with one attached hydrogen (secondary N) is 2. The third-order valence-electron chi connectivity index (χ3n) is 1.73. The highest BCUT2D eigenvalue weighted by atomic mass is 16.5. The van der Waals surface area contributed by atoms with Crippen LogP contribution in [-0.2, 0) is 9.53 Å². The summed E-state index contributed by atoms with van der Waals surface area (Å²) in [5.41, 5.74) is 5.18. The van der Waals surface area contributed by atoms with Crippen LogP contribution in [0.4, 0.5) is 0 Å². The summed E-state index contributed by atoms with van der Waals surface area (Å²) in [4.78, 5) is 11.5. The fraction of sp³-hybridized carbons (Fsp3) is 0.333. The first-order valence-corrected chi connectivity index (χ1v) is 4.54. The summed E-state index contributed by atoms with van der Waals surface area (Å²) in [6, 6.07) is 3.54. The van der Waals surface area contributed by atoms with Gasteiger partial charge in [0.2, 0.25) is 6.17 Å². The van der Waals surface area contributed by atoms with Crippen LogP contribution in [0.5, 0.6) is 0 Å². The first-order valence-electron chi connectivity index (χ1n) is 4.54. The Labute approximate surface area is 87.5 Å². The van der Waals surface area contributed by atoms with Gasteiger partial charge in [0, 0.05) is 12.4 Å². The Morgan fingerprint density at radius 1 is 1.60 bits per heavy atom. The second-order valence-corrected chi connectivity index (χ2v) is 2.84. The van der Waals surface area contributed by atoms with E-state index in [-0.39, 0.29) is 12.6 Å². The Hall–Kier alpha value is -1.98. The van der Waals surface area contributed by atoms with Gasteiger partial charge in [0.1, 0.15) is 0 Å². The molecule has 1 heterocycles. The Balaban J connectivity index is 2.78. The molecule has 1 rings (SSSR count). The van der Waals surface area contributed by atoms with Crippen molar-refractivity contribution in [3.8, 4) is 0 Å². The Morgan fingerprint density at radius 3 is 2.67 bits per heavy atom. The smallest absolute Gasteiger partial charge is 0.350 e. The third-order valence-corrected chi connectivity index (χ3v) is 1.73. The summed E-state index contributed by atoms with van der Waals surface area (Å²) in [6.45, 7) is 2.01. The van der Waals surface area contributed by atoms with Gasteiger partial charge in [-0.25, -0.2) is 4.79 Å². The van der Waals surface area contributed by atoms with Gasteiger partial charge in [0.25, 0.3) is 0 Å². The number of nitrogens with two attached hydrogens (primary N) is 1. The van der Waals surface area contributed by atoms with Crippen LogP contribution >= 0.6 is 0 Å². The zero-order valence-electron chi connectivity index (χ0n) is 8.43. The summed E-state index contributed by atoms with van der Waals surface area (Å²) in [5, 5.41) is 9.61. The second kappa shape index (κ2) is 5.04. The van der Waals surface area contributed by atoms with Crippen molar-refractivity contribution in [2.75, 3.05) is 6.61 Å². The van der Waals surface area contributed by atoms with Crippen LogP contribution in [0.25, 0.3) is 0 Å². The molecule has 0 aliphatic heterocycles. The van der Waals surface area contributed by atoms with Gasteiger partial charge in [-0.3, -0.25) is 5.41 Å². The van der Waals surface area contributed by atoms with E-state index in [0.717, 1.165) is 0 Å². The molecule has 1 unspecified atom stereocenters. The zero-order valence-corrected chi connectivity index (χ0v) is 8.43. The summed E-state index contributed by atoms with van der Waals surface area (Å²) < 4.78 is 6.44. The maximum atomic E-state index is 11.5. The lowest BCUT2D eigenvalue weighted by molar-refractivity contribution is -0.147. The van der Waals surface area contributed by atoms with Crippen LogP contribution < -0.4 is 11.1 Å². The lowest BCUT2D eigenvalue weighted by Crippen LogP contribution is -2.41. The van der Waals surface area contributed by atoms with Crippen LogP contribution in [0.1, 0.15) is 13.1 Å². The molecule has 0 spiro atoms. The molecule has 0 aromatic carbocycles. The number of esters is 1. The predicted octanol–water partition coefficient (Wildman–Crippen LogP) is 0.0329. The molecule has 6 heteroatoms. The van der Waals surface area contributed by atoms with Crippen molar-refractivity contribution in [2.45, 2.75) is 13.1 Å². The molecule has 6 nitrogen and oxygen atoms in total. The van der Waals surface area contributed by atoms with Crippen molar-refractivity contribution >= 4 is 11.9 Å². The third kappa shape index (κ3) is 3.01. The van der Waals surface area contributed by atoms with E-state index < -0.39 is 12.1 Å². The first kappa shape index (κ1) is 11.1. The number of ether oxygens (including phenoxy) is 1. The molecule has 1 atom stereocenters. The molecule has 1 aromatic rings. The molecule has 0 radical (unpaired) electrons. The monoisotopic (exact) mass is 210 g/mol. The molecule has 1 aromatic heterocycles. The normalized spacial score (nSPS) is 11.8. The minimum absolute atomic E-state index is 0.276. The van der Waals surface area contributed by atoms with Crippen molar-refractivity contribution in [3.63, 3.8) is 0 Å². The minimum atomic E-state index is -0.780. The number of nitrogens with zero attached hydrogens (tertiary/aromatic N) is 1. The Bertz CT molecular complexity index is 334. The fourth-order valence-electron chi connectivity index (χ4n) is 1.14. The van der Waals surface area contributed by atoms with E-state index in [4.69, 9.17) is 15.9 Å². The van der Waals surface area contributed by atoms with Crippen molar-refractivity contribution in [1.29, 1.82) is 5.41 Å². The van der Waals surface area contributed by atoms with E-state index in [1.54, 1.807) is 36.0 Å². The molecule has 0 aliphatic carbocycles. The number of rotatable bonds is 4. The van der Waals surface area contributed by atoms with Gasteiger partial charge >= 0.3 is 5.97 Å². The summed E-state index contributed by atoms with van der Waals surface area (Å²) in [6.07, 6.45) is 2.60. The molecule has 0 bridgehead atoms. The van der Waals surface area contributed by atoms with Gasteiger partial charge in [-0.1, -0.05) is 0 Å². The summed E-state index contributed by atoms with van der Waals surface area (Å²) in [7, 11) is 0. The Kier molecular flexibility index (Phi) is 3.73. The van der Waals surface area contributed by atoms with E-state index in [2.05, 4.69) is 5.32 Å². The average molecular weight is 210 g/mol. The van der Waals surface area contributed by atoms with Crippen LogP contribution in [0.15, 0.2) is 24.5 Å². The lowest BCUT2D eigenvalue weighted by atomic mass is 10.4. The van der Waals surface area contributed by atoms with Crippen LogP contribution in [0.2, 0.25) is 0 Å². The number of hydrogen-bond donors (Lipinski definition) is 3. The van der Waals surface area contributed by atoms with E-state index in [0.29, 0.717) is 0 Å². The minimum Gasteiger partial charge on any atom is -0.463 e. The topological polar surface area (TPSA) is 93.1 Å². The van der Waals surface area contributed by atoms with Gasteiger partial charge < -0.3 is 20.4 Å². The van der Waals surface area contributed by atoms with Gasteiger partial charge in [0.05, 0.1) is 6.61 Å². The second-order valence-electron chi connectivity index (χ2n) is 2.84. The fourth-order valence-corrected chi connectivity index (χ4v) is 1.14. The molecule has 0 saturated heterocycles. The number of aromatic nitrogens is 1. The van der Waals surface area contributed by atoms with Crippen LogP contribution in [0.3, 0.4) is 0 Å². The van der Waals surface area contributed by atoms with Crippen molar-refractivity contribution < 1.29 is 9.53 Å². The van der Waals surface area contributed by atoms with Crippen LogP contribution in [0, 0.1) is 5.41 Å². The van der Waals surface area contributed by atoms with Gasteiger partial charge in [0.15, 0.2) is 5.96 Å². The first-order chi connectivity index (χ1) is 7.15. The molecule has 82 valence electrons. The molecular weight excluding hydrogens is 196 g/mol. The highest BCUT2D eigenvalue weighted by Crippen LogP contribution is 2.05. The summed E-state index contributed by atoms with van der Waals surface area (Å²) >= 11 is 0. The maximum Gasteiger partial charge on any atom is 0.350 e. The number of carbonyl (C=O) groups excluding carboxylic acids is 1. The number of hydrogen-bond acceptors (Lipinski definition) is 3. The summed E-state index contributed by atoms with van der Waals surface area (Å²) in [5.74, 6) is -0.745. The van der Waals surface area contributed by atoms with E-state index in [1.165, 1.54) is 0 Å². The SMILES string of the molecule is CCOC(=O)C(NC(=N)N)n1cccc1. The molecule has 0 aliphatic rings. The maximum absolute atomic E-state index is 11.5. The van der Waals surface area contributed by atoms with Crippen LogP contribution in [-0.4, -0.2) is 23.1 Å². The van der Waals surface area contributed by atoms with E-state index >= 15 is 0 Å². The standard InChI is InChI=1S/C9H14N4O2/c1-2-15-8(14)7(12-9(10)11)13-5-3-4-6-13/h3-7H,2H2,1H3,(H4,10,11,12). The molecule has 15 heavy (non-hydrogen) atoms. The predicted molar refractivity (Wildman–Crippen MR) is 55.2 cm³/mol. The zero-order chi connectivity index (χ0) is 11.3. The van der Waals surface area contributed by atoms with Gasteiger partial charge in [-0.2, -0.15) is 0 Å². The van der Waals surface area contributed by atoms with Gasteiger partial charge in [-0.05, 0) is 19.1 Å². The molecular formula is C9H14N4O2. The van der Waals surface area contributed by atoms with E-state index in [9.17, 15) is 4.79 Å². The van der Waals surface area contributed by atoms with E-state index in [1.807, 2.05) is 0 Å². The van der Waals surface area contributed by atoms with Crippen molar-refractivity contribution in [2.24, 2.45) is 5.73 Å². The number of guanidine groups is 1.